The maximum Gasteiger partial charge on any atom is 0.328 e. The average Bonchev–Trinajstić information content (AvgIpc) is 2.81. The van der Waals surface area contributed by atoms with E-state index in [1.54, 1.807) is 18.2 Å². The Labute approximate surface area is 110 Å². The summed E-state index contributed by atoms with van der Waals surface area (Å²) in [4.78, 5) is 22.8. The topological polar surface area (TPSA) is 95.9 Å². The molecule has 0 radical (unpaired) electrons. The van der Waals surface area contributed by atoms with E-state index < -0.39 is 24.0 Å². The third-order valence-corrected chi connectivity index (χ3v) is 3.02. The van der Waals surface area contributed by atoms with Gasteiger partial charge in [-0.2, -0.15) is 0 Å². The van der Waals surface area contributed by atoms with Gasteiger partial charge in [0.1, 0.15) is 0 Å². The van der Waals surface area contributed by atoms with Crippen LogP contribution in [0.2, 0.25) is 0 Å². The molecule has 0 aromatic heterocycles. The zero-order valence-electron chi connectivity index (χ0n) is 10.4. The van der Waals surface area contributed by atoms with E-state index in [0.29, 0.717) is 18.8 Å². The van der Waals surface area contributed by atoms with Crippen LogP contribution in [0.5, 0.6) is 0 Å². The van der Waals surface area contributed by atoms with E-state index >= 15 is 0 Å². The van der Waals surface area contributed by atoms with Crippen LogP contribution >= 0.6 is 0 Å². The molecule has 0 bridgehead atoms. The van der Waals surface area contributed by atoms with E-state index in [4.69, 9.17) is 9.84 Å². The third-order valence-electron chi connectivity index (χ3n) is 3.02. The molecule has 1 aromatic rings. The minimum Gasteiger partial charge on any atom is -0.480 e. The van der Waals surface area contributed by atoms with Gasteiger partial charge in [0.2, 0.25) is 0 Å². The Kier molecular flexibility index (Phi) is 3.82. The fourth-order valence-corrected chi connectivity index (χ4v) is 1.93. The SMILES string of the molecule is C[C@@H](O)[C@H](NC(=O)c1ccc2c(c1)COC2)C(=O)O. The quantitative estimate of drug-likeness (QED) is 0.726. The number of amides is 1. The summed E-state index contributed by atoms with van der Waals surface area (Å²) in [6.07, 6.45) is -1.17. The van der Waals surface area contributed by atoms with Crippen LogP contribution in [0.1, 0.15) is 28.4 Å². The lowest BCUT2D eigenvalue weighted by atomic mass is 10.1. The molecule has 1 amide bonds. The average molecular weight is 265 g/mol. The first-order chi connectivity index (χ1) is 8.99. The molecule has 0 saturated carbocycles. The molecule has 1 heterocycles. The zero-order valence-corrected chi connectivity index (χ0v) is 10.4. The van der Waals surface area contributed by atoms with Gasteiger partial charge >= 0.3 is 5.97 Å². The number of hydrogen-bond donors (Lipinski definition) is 3. The van der Waals surface area contributed by atoms with E-state index in [-0.39, 0.29) is 0 Å². The van der Waals surface area contributed by atoms with Gasteiger partial charge in [0, 0.05) is 5.56 Å². The number of aliphatic hydroxyl groups is 1. The molecule has 1 aromatic carbocycles. The Morgan fingerprint density at radius 1 is 1.32 bits per heavy atom. The smallest absolute Gasteiger partial charge is 0.328 e. The highest BCUT2D eigenvalue weighted by molar-refractivity contribution is 5.97. The standard InChI is InChI=1S/C13H15NO5/c1-7(15)11(13(17)18)14-12(16)8-2-3-9-5-19-6-10(9)4-8/h2-4,7,11,15H,5-6H2,1H3,(H,14,16)(H,17,18)/t7-,11+/m1/s1. The minimum absolute atomic E-state index is 0.358. The van der Waals surface area contributed by atoms with Crippen molar-refractivity contribution in [3.8, 4) is 0 Å². The van der Waals surface area contributed by atoms with E-state index in [1.807, 2.05) is 0 Å². The summed E-state index contributed by atoms with van der Waals surface area (Å²) in [5, 5.41) is 20.5. The lowest BCUT2D eigenvalue weighted by Gasteiger charge is -2.17. The molecule has 3 N–H and O–H groups in total. The first kappa shape index (κ1) is 13.5. The van der Waals surface area contributed by atoms with Gasteiger partial charge in [-0.1, -0.05) is 6.07 Å². The van der Waals surface area contributed by atoms with Crippen molar-refractivity contribution in [3.05, 3.63) is 34.9 Å². The number of fused-ring (bicyclic) bond motifs is 1. The fourth-order valence-electron chi connectivity index (χ4n) is 1.93. The van der Waals surface area contributed by atoms with Crippen molar-refractivity contribution < 1.29 is 24.5 Å². The predicted molar refractivity (Wildman–Crippen MR) is 65.5 cm³/mol. The van der Waals surface area contributed by atoms with Crippen molar-refractivity contribution in [1.29, 1.82) is 0 Å². The van der Waals surface area contributed by atoms with Crippen molar-refractivity contribution in [2.45, 2.75) is 32.3 Å². The monoisotopic (exact) mass is 265 g/mol. The van der Waals surface area contributed by atoms with E-state index in [2.05, 4.69) is 5.32 Å². The Morgan fingerprint density at radius 3 is 2.63 bits per heavy atom. The van der Waals surface area contributed by atoms with Gasteiger partial charge in [0.15, 0.2) is 6.04 Å². The van der Waals surface area contributed by atoms with Crippen LogP contribution in [0.4, 0.5) is 0 Å². The van der Waals surface area contributed by atoms with E-state index in [1.165, 1.54) is 6.92 Å². The molecule has 0 saturated heterocycles. The van der Waals surface area contributed by atoms with Crippen LogP contribution in [0.15, 0.2) is 18.2 Å². The Bertz CT molecular complexity index is 512. The van der Waals surface area contributed by atoms with E-state index in [9.17, 15) is 14.7 Å². The van der Waals surface area contributed by atoms with Gasteiger partial charge in [-0.15, -0.1) is 0 Å². The van der Waals surface area contributed by atoms with Gasteiger partial charge < -0.3 is 20.3 Å². The number of benzene rings is 1. The molecular formula is C13H15NO5. The molecule has 0 spiro atoms. The minimum atomic E-state index is -1.32. The molecular weight excluding hydrogens is 250 g/mol. The van der Waals surface area contributed by atoms with Crippen LogP contribution in [0.25, 0.3) is 0 Å². The maximum atomic E-state index is 11.9. The van der Waals surface area contributed by atoms with Gasteiger partial charge in [-0.05, 0) is 30.2 Å². The van der Waals surface area contributed by atoms with Gasteiger partial charge in [-0.3, -0.25) is 4.79 Å². The molecule has 6 heteroatoms. The Balaban J connectivity index is 2.13. The van der Waals surface area contributed by atoms with Crippen molar-refractivity contribution in [1.82, 2.24) is 5.32 Å². The highest BCUT2D eigenvalue weighted by Gasteiger charge is 2.25. The normalized spacial score (nSPS) is 16.5. The van der Waals surface area contributed by atoms with Crippen LogP contribution in [-0.2, 0) is 22.7 Å². The molecule has 1 aliphatic heterocycles. The van der Waals surface area contributed by atoms with Crippen LogP contribution in [0, 0.1) is 0 Å². The van der Waals surface area contributed by atoms with Gasteiger partial charge in [-0.25, -0.2) is 4.79 Å². The number of hydrogen-bond acceptors (Lipinski definition) is 4. The number of carboxylic acid groups (broad SMARTS) is 1. The Hall–Kier alpha value is -1.92. The number of aliphatic carboxylic acids is 1. The third kappa shape index (κ3) is 2.91. The van der Waals surface area contributed by atoms with Crippen LogP contribution in [0.3, 0.4) is 0 Å². The number of ether oxygens (including phenoxy) is 1. The second-order valence-corrected chi connectivity index (χ2v) is 4.51. The second kappa shape index (κ2) is 5.38. The maximum absolute atomic E-state index is 11.9. The van der Waals surface area contributed by atoms with Crippen LogP contribution < -0.4 is 5.32 Å². The summed E-state index contributed by atoms with van der Waals surface area (Å²) in [6, 6.07) is 3.76. The molecule has 2 rings (SSSR count). The second-order valence-electron chi connectivity index (χ2n) is 4.51. The molecule has 1 aliphatic rings. The molecule has 0 fully saturated rings. The summed E-state index contributed by atoms with van der Waals surface area (Å²) in [5.74, 6) is -1.80. The first-order valence-electron chi connectivity index (χ1n) is 5.90. The highest BCUT2D eigenvalue weighted by Crippen LogP contribution is 2.20. The zero-order chi connectivity index (χ0) is 14.0. The highest BCUT2D eigenvalue weighted by atomic mass is 16.5. The summed E-state index contributed by atoms with van der Waals surface area (Å²) in [7, 11) is 0. The van der Waals surface area contributed by atoms with Crippen LogP contribution in [-0.4, -0.2) is 34.2 Å². The molecule has 0 unspecified atom stereocenters. The van der Waals surface area contributed by atoms with Crippen molar-refractivity contribution >= 4 is 11.9 Å². The van der Waals surface area contributed by atoms with E-state index in [0.717, 1.165) is 11.1 Å². The summed E-state index contributed by atoms with van der Waals surface area (Å²) in [6.45, 7) is 2.30. The number of carbonyl (C=O) groups is 2. The summed E-state index contributed by atoms with van der Waals surface area (Å²) in [5.41, 5.74) is 2.31. The lowest BCUT2D eigenvalue weighted by molar-refractivity contribution is -0.141. The number of carboxylic acids is 1. The molecule has 2 atom stereocenters. The molecule has 102 valence electrons. The fraction of sp³-hybridized carbons (Fsp3) is 0.385. The van der Waals surface area contributed by atoms with Crippen molar-refractivity contribution in [3.63, 3.8) is 0 Å². The van der Waals surface area contributed by atoms with Crippen molar-refractivity contribution in [2.24, 2.45) is 0 Å². The number of rotatable bonds is 4. The summed E-state index contributed by atoms with van der Waals surface area (Å²) < 4.78 is 5.24. The number of aliphatic hydroxyl groups excluding tert-OH is 1. The van der Waals surface area contributed by atoms with Gasteiger partial charge in [0.05, 0.1) is 19.3 Å². The molecule has 6 nitrogen and oxygen atoms in total. The molecule has 0 aliphatic carbocycles. The largest absolute Gasteiger partial charge is 0.480 e. The predicted octanol–water partition coefficient (Wildman–Crippen LogP) is 0.281. The van der Waals surface area contributed by atoms with Gasteiger partial charge in [0.25, 0.3) is 5.91 Å². The number of nitrogens with one attached hydrogen (secondary N) is 1. The summed E-state index contributed by atoms with van der Waals surface area (Å²) >= 11 is 0. The van der Waals surface area contributed by atoms with Crippen molar-refractivity contribution in [2.75, 3.05) is 0 Å². The Morgan fingerprint density at radius 2 is 2.00 bits per heavy atom. The first-order valence-corrected chi connectivity index (χ1v) is 5.90. The lowest BCUT2D eigenvalue weighted by Crippen LogP contribution is -2.47. The molecule has 19 heavy (non-hydrogen) atoms. The number of carbonyl (C=O) groups excluding carboxylic acids is 1.